The minimum absolute atomic E-state index is 0.124. The number of anilines is 2. The molecule has 1 heterocycles. The van der Waals surface area contributed by atoms with E-state index in [-0.39, 0.29) is 23.5 Å². The van der Waals surface area contributed by atoms with Gasteiger partial charge < -0.3 is 16.4 Å². The van der Waals surface area contributed by atoms with Crippen molar-refractivity contribution in [2.45, 2.75) is 31.8 Å². The normalized spacial score (nSPS) is 15.6. The van der Waals surface area contributed by atoms with Crippen molar-refractivity contribution >= 4 is 23.2 Å². The Labute approximate surface area is 109 Å². The van der Waals surface area contributed by atoms with Crippen LogP contribution in [-0.2, 0) is 4.79 Å². The van der Waals surface area contributed by atoms with Crippen LogP contribution >= 0.6 is 0 Å². The van der Waals surface area contributed by atoms with E-state index in [1.54, 1.807) is 6.92 Å². The first-order valence-electron chi connectivity index (χ1n) is 5.95. The van der Waals surface area contributed by atoms with E-state index in [9.17, 15) is 14.9 Å². The monoisotopic (exact) mass is 265 g/mol. The molecule has 8 nitrogen and oxygen atoms in total. The summed E-state index contributed by atoms with van der Waals surface area (Å²) in [7, 11) is 0. The molecule has 0 aliphatic heterocycles. The molecule has 1 aromatic rings. The summed E-state index contributed by atoms with van der Waals surface area (Å²) in [5.74, 6) is 0.0348. The van der Waals surface area contributed by atoms with Gasteiger partial charge in [0, 0.05) is 12.1 Å². The minimum atomic E-state index is -0.602. The fourth-order valence-electron chi connectivity index (χ4n) is 1.54. The largest absolute Gasteiger partial charge is 0.378 e. The molecule has 1 aliphatic rings. The first kappa shape index (κ1) is 13.1. The maximum absolute atomic E-state index is 11.7. The van der Waals surface area contributed by atoms with Crippen molar-refractivity contribution in [3.8, 4) is 0 Å². The van der Waals surface area contributed by atoms with Crippen LogP contribution in [0.25, 0.3) is 0 Å². The molecule has 1 saturated carbocycles. The molecule has 1 aromatic heterocycles. The van der Waals surface area contributed by atoms with Gasteiger partial charge in [0.1, 0.15) is 11.9 Å². The summed E-state index contributed by atoms with van der Waals surface area (Å²) in [5, 5.41) is 16.3. The average Bonchev–Trinajstić information content (AvgIpc) is 3.12. The number of aromatic nitrogens is 1. The lowest BCUT2D eigenvalue weighted by molar-refractivity contribution is -0.384. The Hall–Kier alpha value is -2.38. The zero-order valence-corrected chi connectivity index (χ0v) is 10.4. The Morgan fingerprint density at radius 1 is 1.58 bits per heavy atom. The Bertz CT molecular complexity index is 515. The van der Waals surface area contributed by atoms with Gasteiger partial charge in [0.2, 0.25) is 11.7 Å². The summed E-state index contributed by atoms with van der Waals surface area (Å²) in [6.45, 7) is 1.69. The van der Waals surface area contributed by atoms with E-state index in [0.29, 0.717) is 5.82 Å². The van der Waals surface area contributed by atoms with Gasteiger partial charge in [-0.25, -0.2) is 4.98 Å². The van der Waals surface area contributed by atoms with Crippen LogP contribution in [0.5, 0.6) is 0 Å². The predicted octanol–water partition coefficient (Wildman–Crippen LogP) is 0.651. The second-order valence-corrected chi connectivity index (χ2v) is 4.51. The van der Waals surface area contributed by atoms with Crippen molar-refractivity contribution in [2.75, 3.05) is 11.1 Å². The number of hydrogen-bond donors (Lipinski definition) is 3. The first-order chi connectivity index (χ1) is 8.97. The van der Waals surface area contributed by atoms with Crippen LogP contribution in [-0.4, -0.2) is 27.9 Å². The lowest BCUT2D eigenvalue weighted by Crippen LogP contribution is -2.38. The lowest BCUT2D eigenvalue weighted by atomic mass is 10.3. The number of pyridine rings is 1. The third-order valence-electron chi connectivity index (χ3n) is 2.78. The molecule has 4 N–H and O–H groups in total. The Kier molecular flexibility index (Phi) is 3.50. The summed E-state index contributed by atoms with van der Waals surface area (Å²) in [5.41, 5.74) is 5.22. The van der Waals surface area contributed by atoms with E-state index < -0.39 is 11.0 Å². The van der Waals surface area contributed by atoms with Crippen LogP contribution in [0, 0.1) is 10.1 Å². The van der Waals surface area contributed by atoms with Gasteiger partial charge in [0.25, 0.3) is 0 Å². The Morgan fingerprint density at radius 2 is 2.26 bits per heavy atom. The van der Waals surface area contributed by atoms with Gasteiger partial charge in [-0.1, -0.05) is 0 Å². The summed E-state index contributed by atoms with van der Waals surface area (Å²) in [6, 6.07) is 2.49. The SMILES string of the molecule is CC(Nc1ccc([N+](=O)[O-])c(N)n1)C(=O)NC1CC1. The fourth-order valence-corrected chi connectivity index (χ4v) is 1.54. The molecule has 1 atom stereocenters. The smallest absolute Gasteiger partial charge is 0.311 e. The minimum Gasteiger partial charge on any atom is -0.378 e. The van der Waals surface area contributed by atoms with Gasteiger partial charge in [-0.05, 0) is 25.8 Å². The predicted molar refractivity (Wildman–Crippen MR) is 69.6 cm³/mol. The molecule has 0 saturated heterocycles. The van der Waals surface area contributed by atoms with Crippen LogP contribution in [0.1, 0.15) is 19.8 Å². The van der Waals surface area contributed by atoms with Crippen molar-refractivity contribution in [1.82, 2.24) is 10.3 Å². The number of amides is 1. The van der Waals surface area contributed by atoms with Gasteiger partial charge in [0.15, 0.2) is 0 Å². The van der Waals surface area contributed by atoms with Crippen molar-refractivity contribution in [2.24, 2.45) is 0 Å². The molecule has 0 aromatic carbocycles. The van der Waals surface area contributed by atoms with E-state index in [4.69, 9.17) is 5.73 Å². The van der Waals surface area contributed by atoms with E-state index >= 15 is 0 Å². The number of carbonyl (C=O) groups excluding carboxylic acids is 1. The Balaban J connectivity index is 1.99. The van der Waals surface area contributed by atoms with Crippen LogP contribution in [0.15, 0.2) is 12.1 Å². The number of nitrogens with one attached hydrogen (secondary N) is 2. The molecule has 1 amide bonds. The van der Waals surface area contributed by atoms with E-state index in [2.05, 4.69) is 15.6 Å². The lowest BCUT2D eigenvalue weighted by Gasteiger charge is -2.14. The summed E-state index contributed by atoms with van der Waals surface area (Å²) < 4.78 is 0. The number of nitrogen functional groups attached to an aromatic ring is 1. The van der Waals surface area contributed by atoms with E-state index in [1.165, 1.54) is 12.1 Å². The van der Waals surface area contributed by atoms with Gasteiger partial charge in [-0.15, -0.1) is 0 Å². The first-order valence-corrected chi connectivity index (χ1v) is 5.95. The quantitative estimate of drug-likeness (QED) is 0.530. The standard InChI is InChI=1S/C11H15N5O3/c1-6(11(17)14-7-2-3-7)13-9-5-4-8(16(18)19)10(12)15-9/h4-7H,2-3H2,1H3,(H,14,17)(H3,12,13,15). The number of rotatable bonds is 5. The number of carbonyl (C=O) groups is 1. The number of nitrogens with two attached hydrogens (primary N) is 1. The molecule has 0 radical (unpaired) electrons. The molecule has 1 fully saturated rings. The molecule has 1 unspecified atom stereocenters. The second-order valence-electron chi connectivity index (χ2n) is 4.51. The molecule has 2 rings (SSSR count). The highest BCUT2D eigenvalue weighted by Gasteiger charge is 2.25. The van der Waals surface area contributed by atoms with Gasteiger partial charge in [0.05, 0.1) is 4.92 Å². The molecule has 8 heteroatoms. The molecular weight excluding hydrogens is 250 g/mol. The molecule has 0 bridgehead atoms. The van der Waals surface area contributed by atoms with Crippen LogP contribution < -0.4 is 16.4 Å². The zero-order valence-electron chi connectivity index (χ0n) is 10.4. The maximum Gasteiger partial charge on any atom is 0.311 e. The number of hydrogen-bond acceptors (Lipinski definition) is 6. The highest BCUT2D eigenvalue weighted by atomic mass is 16.6. The molecule has 102 valence electrons. The number of nitrogens with zero attached hydrogens (tertiary/aromatic N) is 2. The van der Waals surface area contributed by atoms with Gasteiger partial charge >= 0.3 is 5.69 Å². The van der Waals surface area contributed by atoms with Crippen LogP contribution in [0.4, 0.5) is 17.3 Å². The van der Waals surface area contributed by atoms with Crippen molar-refractivity contribution in [3.05, 3.63) is 22.2 Å². The zero-order chi connectivity index (χ0) is 14.0. The molecule has 0 spiro atoms. The summed E-state index contributed by atoms with van der Waals surface area (Å²) in [6.07, 6.45) is 2.03. The van der Waals surface area contributed by atoms with Crippen molar-refractivity contribution in [1.29, 1.82) is 0 Å². The van der Waals surface area contributed by atoms with Crippen LogP contribution in [0.3, 0.4) is 0 Å². The highest BCUT2D eigenvalue weighted by Crippen LogP contribution is 2.21. The topological polar surface area (TPSA) is 123 Å². The molecule has 1 aliphatic carbocycles. The molecule has 19 heavy (non-hydrogen) atoms. The second kappa shape index (κ2) is 5.09. The van der Waals surface area contributed by atoms with Crippen molar-refractivity contribution in [3.63, 3.8) is 0 Å². The van der Waals surface area contributed by atoms with Crippen molar-refractivity contribution < 1.29 is 9.72 Å². The summed E-state index contributed by atoms with van der Waals surface area (Å²) in [4.78, 5) is 25.6. The number of nitro groups is 1. The van der Waals surface area contributed by atoms with Crippen LogP contribution in [0.2, 0.25) is 0 Å². The fraction of sp³-hybridized carbons (Fsp3) is 0.455. The summed E-state index contributed by atoms with van der Waals surface area (Å²) >= 11 is 0. The highest BCUT2D eigenvalue weighted by molar-refractivity contribution is 5.84. The molecular formula is C11H15N5O3. The van der Waals surface area contributed by atoms with Gasteiger partial charge in [-0.2, -0.15) is 0 Å². The van der Waals surface area contributed by atoms with E-state index in [0.717, 1.165) is 12.8 Å². The third-order valence-corrected chi connectivity index (χ3v) is 2.78. The van der Waals surface area contributed by atoms with E-state index in [1.807, 2.05) is 0 Å². The Morgan fingerprint density at radius 3 is 2.79 bits per heavy atom. The average molecular weight is 265 g/mol. The van der Waals surface area contributed by atoms with Gasteiger partial charge in [-0.3, -0.25) is 14.9 Å². The third kappa shape index (κ3) is 3.30. The maximum atomic E-state index is 11.7.